The molecule has 18 heavy (non-hydrogen) atoms. The number of pyridine rings is 1. The highest BCUT2D eigenvalue weighted by molar-refractivity contribution is 5.94. The van der Waals surface area contributed by atoms with Crippen molar-refractivity contribution >= 4 is 5.91 Å². The Morgan fingerprint density at radius 2 is 2.33 bits per heavy atom. The number of aromatic amines is 1. The molecule has 0 aromatic carbocycles. The summed E-state index contributed by atoms with van der Waals surface area (Å²) >= 11 is 0. The zero-order chi connectivity index (χ0) is 13.1. The minimum atomic E-state index is -0.310. The number of aromatic nitrogens is 1. The van der Waals surface area contributed by atoms with E-state index in [1.807, 2.05) is 0 Å². The van der Waals surface area contributed by atoms with E-state index < -0.39 is 0 Å². The molecular weight excluding hydrogens is 232 g/mol. The van der Waals surface area contributed by atoms with E-state index in [0.29, 0.717) is 25.6 Å². The number of nitrogens with one attached hydrogen (secondary N) is 1. The summed E-state index contributed by atoms with van der Waals surface area (Å²) in [4.78, 5) is 28.3. The molecule has 0 unspecified atom stereocenters. The van der Waals surface area contributed by atoms with Gasteiger partial charge in [0.1, 0.15) is 5.56 Å². The SMILES string of the molecule is COC[C@@H]1CCN(C(=O)c2ccc(C)[nH]c2=O)C1. The monoisotopic (exact) mass is 250 g/mol. The number of methoxy groups -OCH3 is 1. The molecular formula is C13H18N2O3. The van der Waals surface area contributed by atoms with Gasteiger partial charge in [0.25, 0.3) is 11.5 Å². The zero-order valence-corrected chi connectivity index (χ0v) is 10.7. The van der Waals surface area contributed by atoms with Crippen molar-refractivity contribution in [2.24, 2.45) is 5.92 Å². The first kappa shape index (κ1) is 12.8. The van der Waals surface area contributed by atoms with Crippen molar-refractivity contribution in [3.63, 3.8) is 0 Å². The van der Waals surface area contributed by atoms with E-state index in [2.05, 4.69) is 4.98 Å². The Balaban J connectivity index is 2.10. The molecule has 0 bridgehead atoms. The predicted octanol–water partition coefficient (Wildman–Crippen LogP) is 0.792. The Morgan fingerprint density at radius 1 is 1.56 bits per heavy atom. The topological polar surface area (TPSA) is 62.4 Å². The van der Waals surface area contributed by atoms with Crippen LogP contribution in [0.4, 0.5) is 0 Å². The Morgan fingerprint density at radius 3 is 3.00 bits per heavy atom. The Kier molecular flexibility index (Phi) is 3.81. The van der Waals surface area contributed by atoms with Crippen LogP contribution in [0.3, 0.4) is 0 Å². The number of carbonyl (C=O) groups excluding carboxylic acids is 1. The molecule has 2 rings (SSSR count). The smallest absolute Gasteiger partial charge is 0.260 e. The van der Waals surface area contributed by atoms with Crippen LogP contribution in [-0.2, 0) is 4.74 Å². The molecule has 0 saturated carbocycles. The van der Waals surface area contributed by atoms with E-state index in [9.17, 15) is 9.59 Å². The average Bonchev–Trinajstić information content (AvgIpc) is 2.77. The fourth-order valence-corrected chi connectivity index (χ4v) is 2.30. The van der Waals surface area contributed by atoms with Crippen LogP contribution in [-0.4, -0.2) is 42.6 Å². The van der Waals surface area contributed by atoms with E-state index in [-0.39, 0.29) is 17.0 Å². The van der Waals surface area contributed by atoms with Gasteiger partial charge in [0.2, 0.25) is 0 Å². The summed E-state index contributed by atoms with van der Waals surface area (Å²) in [6.45, 7) is 3.81. The Hall–Kier alpha value is -1.62. The van der Waals surface area contributed by atoms with E-state index in [1.54, 1.807) is 31.1 Å². The second-order valence-corrected chi connectivity index (χ2v) is 4.75. The third-order valence-corrected chi connectivity index (χ3v) is 3.26. The molecule has 1 fully saturated rings. The maximum absolute atomic E-state index is 12.2. The fourth-order valence-electron chi connectivity index (χ4n) is 2.30. The number of ether oxygens (including phenoxy) is 1. The van der Waals surface area contributed by atoms with Crippen molar-refractivity contribution in [2.45, 2.75) is 13.3 Å². The number of hydrogen-bond acceptors (Lipinski definition) is 3. The van der Waals surface area contributed by atoms with E-state index >= 15 is 0 Å². The largest absolute Gasteiger partial charge is 0.384 e. The van der Waals surface area contributed by atoms with Gasteiger partial charge in [0, 0.05) is 31.8 Å². The normalized spacial score (nSPS) is 19.2. The summed E-state index contributed by atoms with van der Waals surface area (Å²) < 4.78 is 5.09. The Bertz CT molecular complexity index is 495. The zero-order valence-electron chi connectivity index (χ0n) is 10.7. The van der Waals surface area contributed by atoms with Crippen LogP contribution < -0.4 is 5.56 Å². The van der Waals surface area contributed by atoms with Crippen LogP contribution in [0.2, 0.25) is 0 Å². The number of H-pyrrole nitrogens is 1. The van der Waals surface area contributed by atoms with Crippen molar-refractivity contribution in [2.75, 3.05) is 26.8 Å². The number of likely N-dealkylation sites (tertiary alicyclic amines) is 1. The molecule has 1 saturated heterocycles. The number of carbonyl (C=O) groups is 1. The molecule has 2 heterocycles. The molecule has 1 atom stereocenters. The van der Waals surface area contributed by atoms with Gasteiger partial charge in [-0.25, -0.2) is 0 Å². The first-order valence-corrected chi connectivity index (χ1v) is 6.10. The molecule has 1 aliphatic rings. The van der Waals surface area contributed by atoms with E-state index in [1.165, 1.54) is 0 Å². The molecule has 0 spiro atoms. The summed E-state index contributed by atoms with van der Waals surface area (Å²) in [6, 6.07) is 3.34. The van der Waals surface area contributed by atoms with Gasteiger partial charge in [-0.2, -0.15) is 0 Å². The predicted molar refractivity (Wildman–Crippen MR) is 67.7 cm³/mol. The van der Waals surface area contributed by atoms with Crippen LogP contribution in [0.5, 0.6) is 0 Å². The number of hydrogen-bond donors (Lipinski definition) is 1. The number of amides is 1. The highest BCUT2D eigenvalue weighted by Gasteiger charge is 2.27. The molecule has 1 amide bonds. The second kappa shape index (κ2) is 5.35. The lowest BCUT2D eigenvalue weighted by Gasteiger charge is -2.16. The van der Waals surface area contributed by atoms with E-state index in [4.69, 9.17) is 4.74 Å². The van der Waals surface area contributed by atoms with Crippen LogP contribution in [0.25, 0.3) is 0 Å². The van der Waals surface area contributed by atoms with Crippen LogP contribution >= 0.6 is 0 Å². The number of rotatable bonds is 3. The van der Waals surface area contributed by atoms with Crippen molar-refractivity contribution in [1.82, 2.24) is 9.88 Å². The first-order valence-electron chi connectivity index (χ1n) is 6.10. The van der Waals surface area contributed by atoms with Gasteiger partial charge in [-0.05, 0) is 25.5 Å². The summed E-state index contributed by atoms with van der Waals surface area (Å²) in [5, 5.41) is 0. The fraction of sp³-hybridized carbons (Fsp3) is 0.538. The first-order chi connectivity index (χ1) is 8.61. The van der Waals surface area contributed by atoms with Crippen molar-refractivity contribution < 1.29 is 9.53 Å². The third kappa shape index (κ3) is 2.61. The summed E-state index contributed by atoms with van der Waals surface area (Å²) in [5.41, 5.74) is 0.670. The third-order valence-electron chi connectivity index (χ3n) is 3.26. The van der Waals surface area contributed by atoms with Gasteiger partial charge in [-0.15, -0.1) is 0 Å². The highest BCUT2D eigenvalue weighted by Crippen LogP contribution is 2.17. The standard InChI is InChI=1S/C13H18N2O3/c1-9-3-4-11(12(16)14-9)13(17)15-6-5-10(7-15)8-18-2/h3-4,10H,5-8H2,1-2H3,(H,14,16)/t10-/m1/s1. The summed E-state index contributed by atoms with van der Waals surface area (Å²) in [7, 11) is 1.66. The lowest BCUT2D eigenvalue weighted by Crippen LogP contribution is -2.33. The van der Waals surface area contributed by atoms with Crippen LogP contribution in [0.15, 0.2) is 16.9 Å². The average molecular weight is 250 g/mol. The maximum Gasteiger partial charge on any atom is 0.260 e. The van der Waals surface area contributed by atoms with Crippen molar-refractivity contribution in [3.8, 4) is 0 Å². The maximum atomic E-state index is 12.2. The quantitative estimate of drug-likeness (QED) is 0.862. The van der Waals surface area contributed by atoms with Crippen molar-refractivity contribution in [3.05, 3.63) is 33.7 Å². The van der Waals surface area contributed by atoms with Gasteiger partial charge in [-0.3, -0.25) is 9.59 Å². The van der Waals surface area contributed by atoms with Crippen LogP contribution in [0.1, 0.15) is 22.5 Å². The molecule has 0 radical (unpaired) electrons. The van der Waals surface area contributed by atoms with Crippen LogP contribution in [0, 0.1) is 12.8 Å². The summed E-state index contributed by atoms with van der Waals surface area (Å²) in [6.07, 6.45) is 0.934. The molecule has 1 N–H and O–H groups in total. The van der Waals surface area contributed by atoms with Gasteiger partial charge in [0.15, 0.2) is 0 Å². The minimum absolute atomic E-state index is 0.185. The number of aryl methyl sites for hydroxylation is 1. The molecule has 1 aliphatic heterocycles. The second-order valence-electron chi connectivity index (χ2n) is 4.75. The van der Waals surface area contributed by atoms with Gasteiger partial charge in [0.05, 0.1) is 6.61 Å². The highest BCUT2D eigenvalue weighted by atomic mass is 16.5. The lowest BCUT2D eigenvalue weighted by atomic mass is 10.1. The van der Waals surface area contributed by atoms with Gasteiger partial charge in [-0.1, -0.05) is 0 Å². The van der Waals surface area contributed by atoms with Gasteiger partial charge >= 0.3 is 0 Å². The summed E-state index contributed by atoms with van der Waals surface area (Å²) in [5.74, 6) is 0.193. The lowest BCUT2D eigenvalue weighted by molar-refractivity contribution is 0.0773. The molecule has 1 aromatic rings. The number of nitrogens with zero attached hydrogens (tertiary/aromatic N) is 1. The van der Waals surface area contributed by atoms with E-state index in [0.717, 1.165) is 12.1 Å². The van der Waals surface area contributed by atoms with Gasteiger partial charge < -0.3 is 14.6 Å². The molecule has 1 aromatic heterocycles. The Labute approximate surface area is 106 Å². The van der Waals surface area contributed by atoms with Crippen molar-refractivity contribution in [1.29, 1.82) is 0 Å². The molecule has 5 nitrogen and oxygen atoms in total. The molecule has 5 heteroatoms. The molecule has 0 aliphatic carbocycles. The minimum Gasteiger partial charge on any atom is -0.384 e. The molecule has 98 valence electrons.